The summed E-state index contributed by atoms with van der Waals surface area (Å²) in [7, 11) is 0. The van der Waals surface area contributed by atoms with E-state index in [1.165, 1.54) is 57.8 Å². The van der Waals surface area contributed by atoms with E-state index in [1.807, 2.05) is 0 Å². The van der Waals surface area contributed by atoms with Crippen molar-refractivity contribution in [2.24, 2.45) is 50.2 Å². The Morgan fingerprint density at radius 3 is 2.12 bits per heavy atom. The summed E-state index contributed by atoms with van der Waals surface area (Å²) in [6, 6.07) is 0. The number of carbonyl (C=O) groups excluding carboxylic acids is 1. The normalized spacial score (nSPS) is 51.1. The van der Waals surface area contributed by atoms with E-state index < -0.39 is 0 Å². The highest BCUT2D eigenvalue weighted by Crippen LogP contribution is 2.77. The van der Waals surface area contributed by atoms with Crippen LogP contribution >= 0.6 is 0 Å². The summed E-state index contributed by atoms with van der Waals surface area (Å²) < 4.78 is 5.86. The molecule has 0 bridgehead atoms. The Bertz CT molecular complexity index is 897. The highest BCUT2D eigenvalue weighted by Gasteiger charge is 2.69. The van der Waals surface area contributed by atoms with Gasteiger partial charge in [0.25, 0.3) is 0 Å². The Morgan fingerprint density at radius 2 is 1.44 bits per heavy atom. The zero-order valence-corrected chi connectivity index (χ0v) is 23.8. The Morgan fingerprint density at radius 1 is 0.824 bits per heavy atom. The zero-order valence-electron chi connectivity index (χ0n) is 23.8. The SMILES string of the molecule is CC(=O)O[C@H]1CC[C@@H]2C(=CC[C@H]3[C@@]2(C)CC[C@@]2(C)[C@@H]4CC(C)(C)CC[C@]4(C)CC[C@]32C)C1(C)C. The Kier molecular flexibility index (Phi) is 5.40. The van der Waals surface area contributed by atoms with Gasteiger partial charge < -0.3 is 4.74 Å². The molecule has 34 heavy (non-hydrogen) atoms. The lowest BCUT2D eigenvalue weighted by Crippen LogP contribution is -2.65. The van der Waals surface area contributed by atoms with Crippen molar-refractivity contribution in [1.82, 2.24) is 0 Å². The molecule has 5 aliphatic carbocycles. The highest BCUT2D eigenvalue weighted by atomic mass is 16.5. The molecule has 0 heterocycles. The summed E-state index contributed by atoms with van der Waals surface area (Å²) in [5, 5.41) is 0. The molecule has 0 spiro atoms. The van der Waals surface area contributed by atoms with Crippen molar-refractivity contribution in [3.8, 4) is 0 Å². The fourth-order valence-corrected chi connectivity index (χ4v) is 10.8. The number of allylic oxidation sites excluding steroid dienone is 1. The Balaban J connectivity index is 1.52. The van der Waals surface area contributed by atoms with E-state index in [0.29, 0.717) is 33.0 Å². The number of ether oxygens (including phenoxy) is 1. The molecule has 0 aliphatic heterocycles. The fraction of sp³-hybridized carbons (Fsp3) is 0.906. The Labute approximate surface area is 210 Å². The van der Waals surface area contributed by atoms with E-state index in [0.717, 1.165) is 18.3 Å². The maximum Gasteiger partial charge on any atom is 0.302 e. The summed E-state index contributed by atoms with van der Waals surface area (Å²) >= 11 is 0. The minimum absolute atomic E-state index is 0.0250. The van der Waals surface area contributed by atoms with E-state index in [2.05, 4.69) is 61.5 Å². The number of rotatable bonds is 1. The molecule has 0 aromatic heterocycles. The molecule has 0 N–H and O–H groups in total. The second-order valence-electron chi connectivity index (χ2n) is 15.8. The van der Waals surface area contributed by atoms with Crippen LogP contribution in [0.3, 0.4) is 0 Å². The average molecular weight is 469 g/mol. The number of hydrogen-bond acceptors (Lipinski definition) is 2. The van der Waals surface area contributed by atoms with Crippen LogP contribution in [0.1, 0.15) is 127 Å². The number of hydrogen-bond donors (Lipinski definition) is 0. The molecule has 4 fully saturated rings. The van der Waals surface area contributed by atoms with Gasteiger partial charge in [0.15, 0.2) is 0 Å². The smallest absolute Gasteiger partial charge is 0.302 e. The van der Waals surface area contributed by atoms with Gasteiger partial charge in [-0.1, -0.05) is 67.0 Å². The average Bonchev–Trinajstić information content (AvgIpc) is 2.73. The number of carbonyl (C=O) groups is 1. The monoisotopic (exact) mass is 468 g/mol. The summed E-state index contributed by atoms with van der Waals surface area (Å²) in [6.07, 6.45) is 15.9. The summed E-state index contributed by atoms with van der Waals surface area (Å²) in [6.45, 7) is 22.1. The van der Waals surface area contributed by atoms with Gasteiger partial charge in [0, 0.05) is 12.3 Å². The first-order valence-electron chi connectivity index (χ1n) is 14.5. The van der Waals surface area contributed by atoms with Crippen molar-refractivity contribution in [2.75, 3.05) is 0 Å². The molecule has 0 radical (unpaired) electrons. The van der Waals surface area contributed by atoms with E-state index in [9.17, 15) is 4.79 Å². The predicted molar refractivity (Wildman–Crippen MR) is 140 cm³/mol. The lowest BCUT2D eigenvalue weighted by atomic mass is 9.31. The van der Waals surface area contributed by atoms with Gasteiger partial charge in [0.1, 0.15) is 6.10 Å². The van der Waals surface area contributed by atoms with Gasteiger partial charge in [-0.3, -0.25) is 4.79 Å². The van der Waals surface area contributed by atoms with Crippen LogP contribution in [0.2, 0.25) is 0 Å². The molecule has 0 amide bonds. The van der Waals surface area contributed by atoms with Gasteiger partial charge in [-0.2, -0.15) is 0 Å². The van der Waals surface area contributed by atoms with E-state index in [4.69, 9.17) is 4.74 Å². The maximum atomic E-state index is 11.8. The summed E-state index contributed by atoms with van der Waals surface area (Å²) in [5.41, 5.74) is 3.81. The molecule has 2 heteroatoms. The minimum Gasteiger partial charge on any atom is -0.462 e. The van der Waals surface area contributed by atoms with Crippen molar-refractivity contribution in [1.29, 1.82) is 0 Å². The summed E-state index contributed by atoms with van der Waals surface area (Å²) in [4.78, 5) is 11.8. The largest absolute Gasteiger partial charge is 0.462 e. The van der Waals surface area contributed by atoms with Crippen LogP contribution in [0, 0.1) is 50.2 Å². The topological polar surface area (TPSA) is 26.3 Å². The van der Waals surface area contributed by atoms with Crippen LogP contribution in [0.4, 0.5) is 0 Å². The van der Waals surface area contributed by atoms with Crippen molar-refractivity contribution >= 4 is 5.97 Å². The van der Waals surface area contributed by atoms with Crippen molar-refractivity contribution in [3.63, 3.8) is 0 Å². The third-order valence-electron chi connectivity index (χ3n) is 13.3. The van der Waals surface area contributed by atoms with Gasteiger partial charge >= 0.3 is 5.97 Å². The molecule has 8 atom stereocenters. The number of esters is 1. The second-order valence-corrected chi connectivity index (χ2v) is 15.8. The second kappa shape index (κ2) is 7.38. The maximum absolute atomic E-state index is 11.8. The molecule has 2 nitrogen and oxygen atoms in total. The van der Waals surface area contributed by atoms with Crippen LogP contribution < -0.4 is 0 Å². The van der Waals surface area contributed by atoms with Gasteiger partial charge in [-0.15, -0.1) is 0 Å². The van der Waals surface area contributed by atoms with E-state index in [-0.39, 0.29) is 17.5 Å². The molecule has 5 rings (SSSR count). The quantitative estimate of drug-likeness (QED) is 0.284. The van der Waals surface area contributed by atoms with Crippen LogP contribution in [0.25, 0.3) is 0 Å². The first kappa shape index (κ1) is 24.9. The molecular formula is C32H52O2. The minimum atomic E-state index is -0.126. The molecule has 0 aromatic carbocycles. The first-order chi connectivity index (χ1) is 15.6. The standard InChI is InChI=1S/C32H52O2/c1-21(33)34-26-13-11-23-22(28(26,4)5)10-12-24-30(23,7)17-19-32(9)25-20-27(2,3)14-15-29(25,6)16-18-31(24,32)8/h10,23-26H,11-20H2,1-9H3/t23-,24+,25-,26+,29-,30+,31-,32+/m1/s1. The van der Waals surface area contributed by atoms with Crippen LogP contribution in [0.5, 0.6) is 0 Å². The van der Waals surface area contributed by atoms with Crippen molar-refractivity contribution < 1.29 is 9.53 Å². The van der Waals surface area contributed by atoms with Crippen LogP contribution in [0.15, 0.2) is 11.6 Å². The predicted octanol–water partition coefficient (Wildman–Crippen LogP) is 8.74. The fourth-order valence-electron chi connectivity index (χ4n) is 10.8. The highest BCUT2D eigenvalue weighted by molar-refractivity contribution is 5.66. The molecule has 192 valence electrons. The molecule has 5 aliphatic rings. The van der Waals surface area contributed by atoms with E-state index >= 15 is 0 Å². The van der Waals surface area contributed by atoms with Gasteiger partial charge in [0.05, 0.1) is 0 Å². The zero-order chi connectivity index (χ0) is 24.9. The molecule has 0 unspecified atom stereocenters. The lowest BCUT2D eigenvalue weighted by Gasteiger charge is -2.73. The van der Waals surface area contributed by atoms with Gasteiger partial charge in [-0.05, 0) is 109 Å². The summed E-state index contributed by atoms with van der Waals surface area (Å²) in [5.74, 6) is 2.14. The van der Waals surface area contributed by atoms with Crippen molar-refractivity contribution in [3.05, 3.63) is 11.6 Å². The third-order valence-corrected chi connectivity index (χ3v) is 13.3. The van der Waals surface area contributed by atoms with Gasteiger partial charge in [-0.25, -0.2) is 0 Å². The molecule has 0 aromatic rings. The van der Waals surface area contributed by atoms with E-state index in [1.54, 1.807) is 12.5 Å². The molecular weight excluding hydrogens is 416 g/mol. The van der Waals surface area contributed by atoms with Crippen molar-refractivity contribution in [2.45, 2.75) is 133 Å². The third kappa shape index (κ3) is 3.21. The Hall–Kier alpha value is -0.790. The molecule has 0 saturated heterocycles. The van der Waals surface area contributed by atoms with Crippen LogP contribution in [-0.4, -0.2) is 12.1 Å². The van der Waals surface area contributed by atoms with Crippen LogP contribution in [-0.2, 0) is 9.53 Å². The van der Waals surface area contributed by atoms with Gasteiger partial charge in [0.2, 0.25) is 0 Å². The molecule has 4 saturated carbocycles. The number of fused-ring (bicyclic) bond motifs is 7. The first-order valence-corrected chi connectivity index (χ1v) is 14.5. The lowest BCUT2D eigenvalue weighted by molar-refractivity contribution is -0.231.